The molecule has 1 N–H and O–H groups in total. The van der Waals surface area contributed by atoms with Crippen molar-refractivity contribution in [2.75, 3.05) is 11.9 Å². The maximum absolute atomic E-state index is 6.19. The summed E-state index contributed by atoms with van der Waals surface area (Å²) in [5.41, 5.74) is 1.70. The van der Waals surface area contributed by atoms with Gasteiger partial charge in [-0.25, -0.2) is 4.98 Å². The van der Waals surface area contributed by atoms with Crippen molar-refractivity contribution in [1.29, 1.82) is 0 Å². The summed E-state index contributed by atoms with van der Waals surface area (Å²) in [6.07, 6.45) is 3.68. The van der Waals surface area contributed by atoms with Crippen LogP contribution in [0.4, 0.5) is 5.95 Å². The van der Waals surface area contributed by atoms with Crippen molar-refractivity contribution in [1.82, 2.24) is 9.55 Å². The van der Waals surface area contributed by atoms with Gasteiger partial charge >= 0.3 is 0 Å². The van der Waals surface area contributed by atoms with Gasteiger partial charge in [0, 0.05) is 17.8 Å². The molecule has 0 bridgehead atoms. The smallest absolute Gasteiger partial charge is 0.208 e. The first-order chi connectivity index (χ1) is 8.61. The van der Waals surface area contributed by atoms with Gasteiger partial charge in [0.15, 0.2) is 0 Å². The SMILES string of the molecule is C=CCNc1nc(C)cn1-c1cc(Cl)ccc1Cl. The highest BCUT2D eigenvalue weighted by molar-refractivity contribution is 6.34. The molecule has 0 aliphatic carbocycles. The maximum atomic E-state index is 6.19. The van der Waals surface area contributed by atoms with E-state index < -0.39 is 0 Å². The molecule has 1 aromatic heterocycles. The Morgan fingerprint density at radius 3 is 2.94 bits per heavy atom. The summed E-state index contributed by atoms with van der Waals surface area (Å²) >= 11 is 12.2. The number of benzene rings is 1. The van der Waals surface area contributed by atoms with Gasteiger partial charge in [-0.1, -0.05) is 29.3 Å². The number of imidazole rings is 1. The molecule has 0 amide bonds. The van der Waals surface area contributed by atoms with E-state index in [4.69, 9.17) is 23.2 Å². The molecule has 0 aliphatic rings. The molecule has 0 saturated carbocycles. The molecule has 0 radical (unpaired) electrons. The van der Waals surface area contributed by atoms with Crippen LogP contribution in [0.1, 0.15) is 5.69 Å². The van der Waals surface area contributed by atoms with Crippen molar-refractivity contribution < 1.29 is 0 Å². The molecule has 94 valence electrons. The fourth-order valence-corrected chi connectivity index (χ4v) is 2.01. The summed E-state index contributed by atoms with van der Waals surface area (Å²) in [4.78, 5) is 4.40. The lowest BCUT2D eigenvalue weighted by molar-refractivity contribution is 1.04. The molecule has 3 nitrogen and oxygen atoms in total. The van der Waals surface area contributed by atoms with Crippen LogP contribution in [-0.4, -0.2) is 16.1 Å². The monoisotopic (exact) mass is 281 g/mol. The number of aromatic nitrogens is 2. The van der Waals surface area contributed by atoms with Crippen LogP contribution in [0.5, 0.6) is 0 Å². The third-order valence-corrected chi connectivity index (χ3v) is 2.95. The third-order valence-electron chi connectivity index (χ3n) is 2.40. The molecule has 0 unspecified atom stereocenters. The van der Waals surface area contributed by atoms with Crippen molar-refractivity contribution in [2.45, 2.75) is 6.92 Å². The summed E-state index contributed by atoms with van der Waals surface area (Å²) in [6.45, 7) is 6.23. The molecular weight excluding hydrogens is 269 g/mol. The molecule has 2 rings (SSSR count). The number of nitrogens with zero attached hydrogens (tertiary/aromatic N) is 2. The highest BCUT2D eigenvalue weighted by Gasteiger charge is 2.10. The summed E-state index contributed by atoms with van der Waals surface area (Å²) in [5.74, 6) is 0.719. The number of aryl methyl sites for hydroxylation is 1. The zero-order valence-corrected chi connectivity index (χ0v) is 11.5. The van der Waals surface area contributed by atoms with Gasteiger partial charge in [0.25, 0.3) is 0 Å². The number of nitrogens with one attached hydrogen (secondary N) is 1. The Hall–Kier alpha value is -1.45. The standard InChI is InChI=1S/C13H13Cl2N3/c1-3-6-16-13-17-9(2)8-18(13)12-7-10(14)4-5-11(12)15/h3-5,7-8H,1,6H2,2H3,(H,16,17). The molecule has 0 atom stereocenters. The fourth-order valence-electron chi connectivity index (χ4n) is 1.64. The Morgan fingerprint density at radius 2 is 2.22 bits per heavy atom. The van der Waals surface area contributed by atoms with Gasteiger partial charge < -0.3 is 5.32 Å². The van der Waals surface area contributed by atoms with Gasteiger partial charge in [-0.05, 0) is 25.1 Å². The lowest BCUT2D eigenvalue weighted by Gasteiger charge is -2.10. The maximum Gasteiger partial charge on any atom is 0.208 e. The quantitative estimate of drug-likeness (QED) is 0.856. The van der Waals surface area contributed by atoms with Crippen LogP contribution in [0.2, 0.25) is 10.0 Å². The van der Waals surface area contributed by atoms with Crippen LogP contribution in [0.25, 0.3) is 5.69 Å². The summed E-state index contributed by atoms with van der Waals surface area (Å²) in [6, 6.07) is 5.34. The van der Waals surface area contributed by atoms with Gasteiger partial charge in [-0.2, -0.15) is 0 Å². The first-order valence-corrected chi connectivity index (χ1v) is 6.23. The number of hydrogen-bond acceptors (Lipinski definition) is 2. The molecule has 1 heterocycles. The second kappa shape index (κ2) is 5.46. The van der Waals surface area contributed by atoms with E-state index in [1.54, 1.807) is 18.2 Å². The zero-order valence-electron chi connectivity index (χ0n) is 9.95. The number of rotatable bonds is 4. The average Bonchev–Trinajstić information content (AvgIpc) is 2.71. The van der Waals surface area contributed by atoms with Crippen LogP contribution in [0.15, 0.2) is 37.1 Å². The molecule has 2 aromatic rings. The third kappa shape index (κ3) is 2.68. The van der Waals surface area contributed by atoms with Crippen LogP contribution in [0, 0.1) is 6.92 Å². The van der Waals surface area contributed by atoms with Crippen molar-refractivity contribution in [3.8, 4) is 5.69 Å². The summed E-state index contributed by atoms with van der Waals surface area (Å²) < 4.78 is 1.88. The van der Waals surface area contributed by atoms with Crippen molar-refractivity contribution in [3.05, 3.63) is 52.8 Å². The predicted octanol–water partition coefficient (Wildman–Crippen LogP) is 4.09. The first-order valence-electron chi connectivity index (χ1n) is 5.48. The lowest BCUT2D eigenvalue weighted by Crippen LogP contribution is -2.05. The van der Waals surface area contributed by atoms with Gasteiger partial charge in [-0.3, -0.25) is 4.57 Å². The van der Waals surface area contributed by atoms with Gasteiger partial charge in [0.1, 0.15) is 0 Å². The Kier molecular flexibility index (Phi) is 3.94. The minimum atomic E-state index is 0.624. The first kappa shape index (κ1) is 13.0. The predicted molar refractivity (Wildman–Crippen MR) is 77.0 cm³/mol. The van der Waals surface area contributed by atoms with E-state index in [9.17, 15) is 0 Å². The van der Waals surface area contributed by atoms with E-state index >= 15 is 0 Å². The number of anilines is 1. The summed E-state index contributed by atoms with van der Waals surface area (Å²) in [5, 5.41) is 4.42. The minimum absolute atomic E-state index is 0.624. The Labute approximate surface area is 116 Å². The zero-order chi connectivity index (χ0) is 13.1. The number of hydrogen-bond donors (Lipinski definition) is 1. The van der Waals surface area contributed by atoms with Gasteiger partial charge in [-0.15, -0.1) is 6.58 Å². The molecule has 1 aromatic carbocycles. The normalized spacial score (nSPS) is 10.4. The van der Waals surface area contributed by atoms with Gasteiger partial charge in [0.05, 0.1) is 16.4 Å². The number of halogens is 2. The van der Waals surface area contributed by atoms with E-state index in [-0.39, 0.29) is 0 Å². The molecule has 5 heteroatoms. The average molecular weight is 282 g/mol. The highest BCUT2D eigenvalue weighted by atomic mass is 35.5. The highest BCUT2D eigenvalue weighted by Crippen LogP contribution is 2.27. The van der Waals surface area contributed by atoms with E-state index in [0.717, 1.165) is 17.3 Å². The summed E-state index contributed by atoms with van der Waals surface area (Å²) in [7, 11) is 0. The van der Waals surface area contributed by atoms with E-state index in [1.165, 1.54) is 0 Å². The second-order valence-electron chi connectivity index (χ2n) is 3.84. The Morgan fingerprint density at radius 1 is 1.44 bits per heavy atom. The van der Waals surface area contributed by atoms with E-state index in [0.29, 0.717) is 16.6 Å². The van der Waals surface area contributed by atoms with Gasteiger partial charge in [0.2, 0.25) is 5.95 Å². The Bertz CT molecular complexity index is 576. The minimum Gasteiger partial charge on any atom is -0.352 e. The molecular formula is C13H13Cl2N3. The molecule has 0 fully saturated rings. The van der Waals surface area contributed by atoms with E-state index in [1.807, 2.05) is 23.8 Å². The fraction of sp³-hybridized carbons (Fsp3) is 0.154. The molecule has 0 aliphatic heterocycles. The Balaban J connectivity index is 2.48. The van der Waals surface area contributed by atoms with Crippen LogP contribution in [0.3, 0.4) is 0 Å². The topological polar surface area (TPSA) is 29.9 Å². The molecule has 0 saturated heterocycles. The second-order valence-corrected chi connectivity index (χ2v) is 4.68. The molecule has 18 heavy (non-hydrogen) atoms. The van der Waals surface area contributed by atoms with E-state index in [2.05, 4.69) is 16.9 Å². The van der Waals surface area contributed by atoms with Crippen LogP contribution >= 0.6 is 23.2 Å². The van der Waals surface area contributed by atoms with Crippen LogP contribution in [-0.2, 0) is 0 Å². The van der Waals surface area contributed by atoms with Crippen molar-refractivity contribution >= 4 is 29.2 Å². The largest absolute Gasteiger partial charge is 0.352 e. The van der Waals surface area contributed by atoms with Crippen LogP contribution < -0.4 is 5.32 Å². The van der Waals surface area contributed by atoms with Crippen molar-refractivity contribution in [3.63, 3.8) is 0 Å². The van der Waals surface area contributed by atoms with Crippen molar-refractivity contribution in [2.24, 2.45) is 0 Å². The molecule has 0 spiro atoms. The lowest BCUT2D eigenvalue weighted by atomic mass is 10.3.